The molecule has 0 saturated carbocycles. The van der Waals surface area contributed by atoms with Gasteiger partial charge in [0.1, 0.15) is 18.3 Å². The molecule has 5 nitrogen and oxygen atoms in total. The van der Waals surface area contributed by atoms with Crippen LogP contribution in [0.2, 0.25) is 0 Å². The van der Waals surface area contributed by atoms with E-state index in [-0.39, 0.29) is 29.7 Å². The van der Waals surface area contributed by atoms with E-state index in [0.717, 1.165) is 17.8 Å². The molecule has 0 radical (unpaired) electrons. The summed E-state index contributed by atoms with van der Waals surface area (Å²) in [5.41, 5.74) is 2.38. The van der Waals surface area contributed by atoms with E-state index in [0.29, 0.717) is 5.57 Å². The fourth-order valence-corrected chi connectivity index (χ4v) is 3.38. The number of Topliss-reactive ketones (excluding diaryl/α,β-unsaturated/α-hetero) is 1. The summed E-state index contributed by atoms with van der Waals surface area (Å²) in [7, 11) is 3.54. The Morgan fingerprint density at radius 3 is 2.92 bits per heavy atom. The number of fused-ring (bicyclic) bond motifs is 1. The molecule has 0 aromatic rings. The molecule has 0 fully saturated rings. The van der Waals surface area contributed by atoms with Gasteiger partial charge in [0.05, 0.1) is 6.42 Å². The molecule has 0 spiro atoms. The third kappa shape index (κ3) is 4.89. The predicted octanol–water partition coefficient (Wildman–Crippen LogP) is 2.44. The van der Waals surface area contributed by atoms with E-state index >= 15 is 0 Å². The maximum atomic E-state index is 13.4. The summed E-state index contributed by atoms with van der Waals surface area (Å²) in [5, 5.41) is 12.5. The first-order valence-corrected chi connectivity index (χ1v) is 9.26. The van der Waals surface area contributed by atoms with Crippen LogP contribution in [0.4, 0.5) is 4.39 Å². The number of carbonyl (C=O) groups is 1. The van der Waals surface area contributed by atoms with Crippen LogP contribution in [-0.2, 0) is 4.79 Å². The summed E-state index contributed by atoms with van der Waals surface area (Å²) in [6.45, 7) is -0.533. The van der Waals surface area contributed by atoms with Gasteiger partial charge in [0.25, 0.3) is 0 Å². The van der Waals surface area contributed by atoms with Gasteiger partial charge >= 0.3 is 0 Å². The highest BCUT2D eigenvalue weighted by atomic mass is 32.2. The first-order chi connectivity index (χ1) is 12.0. The Hall–Kier alpha value is -2.20. The molecule has 1 heterocycles. The maximum absolute atomic E-state index is 13.4. The molecule has 2 unspecified atom stereocenters. The lowest BCUT2D eigenvalue weighted by atomic mass is 9.99. The lowest BCUT2D eigenvalue weighted by Gasteiger charge is -2.15. The second kappa shape index (κ2) is 8.77. The van der Waals surface area contributed by atoms with Gasteiger partial charge in [-0.05, 0) is 6.42 Å². The third-order valence-electron chi connectivity index (χ3n) is 4.06. The minimum absolute atomic E-state index is 0.0364. The van der Waals surface area contributed by atoms with Crippen LogP contribution in [0.1, 0.15) is 12.8 Å². The molecule has 25 heavy (non-hydrogen) atoms. The quantitative estimate of drug-likeness (QED) is 0.412. The lowest BCUT2D eigenvalue weighted by molar-refractivity contribution is -0.114. The zero-order valence-corrected chi connectivity index (χ0v) is 15.5. The van der Waals surface area contributed by atoms with Crippen LogP contribution in [-0.4, -0.2) is 43.8 Å². The maximum Gasteiger partial charge on any atom is 0.180 e. The molecule has 0 aromatic carbocycles. The van der Waals surface area contributed by atoms with E-state index in [2.05, 4.69) is 10.0 Å². The van der Waals surface area contributed by atoms with Crippen molar-refractivity contribution in [2.45, 2.75) is 18.9 Å². The van der Waals surface area contributed by atoms with Crippen molar-refractivity contribution in [3.63, 3.8) is 0 Å². The number of allylic oxidation sites excluding steroid dienone is 3. The summed E-state index contributed by atoms with van der Waals surface area (Å²) in [4.78, 5) is 14.0. The Balaban J connectivity index is 2.12. The molecular formula is C18H23FN4OS. The summed E-state index contributed by atoms with van der Waals surface area (Å²) >= 11 is 1.44. The van der Waals surface area contributed by atoms with Gasteiger partial charge in [0.15, 0.2) is 5.78 Å². The number of nitrogens with zero attached hydrogens (tertiary/aromatic N) is 2. The molecule has 0 bridgehead atoms. The molecule has 2 rings (SSSR count). The molecule has 0 amide bonds. The topological polar surface area (TPSA) is 68.2 Å². The molecule has 1 aliphatic carbocycles. The third-order valence-corrected chi connectivity index (χ3v) is 4.48. The monoisotopic (exact) mass is 362 g/mol. The van der Waals surface area contributed by atoms with E-state index < -0.39 is 6.67 Å². The molecule has 1 aliphatic heterocycles. The number of ketones is 1. The summed E-state index contributed by atoms with van der Waals surface area (Å²) in [6.07, 6.45) is 10.2. The van der Waals surface area contributed by atoms with E-state index in [1.165, 1.54) is 18.1 Å². The average molecular weight is 362 g/mol. The van der Waals surface area contributed by atoms with Gasteiger partial charge in [-0.2, -0.15) is 5.26 Å². The van der Waals surface area contributed by atoms with Crippen molar-refractivity contribution in [2.24, 2.45) is 5.92 Å². The summed E-state index contributed by atoms with van der Waals surface area (Å²) in [5.74, 6) is -0.185. The molecule has 134 valence electrons. The van der Waals surface area contributed by atoms with Crippen LogP contribution in [0, 0.1) is 17.2 Å². The number of rotatable bonds is 7. The molecule has 0 aromatic heterocycles. The zero-order chi connectivity index (χ0) is 18.4. The van der Waals surface area contributed by atoms with E-state index in [1.54, 1.807) is 19.0 Å². The van der Waals surface area contributed by atoms with Gasteiger partial charge in [0, 0.05) is 55.5 Å². The van der Waals surface area contributed by atoms with Gasteiger partial charge in [-0.25, -0.2) is 4.39 Å². The van der Waals surface area contributed by atoms with Crippen molar-refractivity contribution in [1.82, 2.24) is 14.9 Å². The Morgan fingerprint density at radius 1 is 1.56 bits per heavy atom. The number of hydrogen-bond donors (Lipinski definition) is 2. The first kappa shape index (κ1) is 19.1. The summed E-state index contributed by atoms with van der Waals surface area (Å²) < 4.78 is 16.5. The van der Waals surface area contributed by atoms with Gasteiger partial charge in [-0.3, -0.25) is 4.79 Å². The van der Waals surface area contributed by atoms with Crippen molar-refractivity contribution in [1.29, 1.82) is 5.26 Å². The average Bonchev–Trinajstić information content (AvgIpc) is 2.87. The fraction of sp³-hybridized carbons (Fsp3) is 0.444. The Morgan fingerprint density at radius 2 is 2.32 bits per heavy atom. The van der Waals surface area contributed by atoms with Crippen LogP contribution >= 0.6 is 11.9 Å². The van der Waals surface area contributed by atoms with Crippen molar-refractivity contribution in [2.75, 3.05) is 27.0 Å². The fourth-order valence-electron chi connectivity index (χ4n) is 2.94. The molecule has 2 N–H and O–H groups in total. The normalized spacial score (nSPS) is 22.5. The number of nitrogens with one attached hydrogen (secondary N) is 2. The standard InChI is InChI=1S/C18H23FN4OS/c1-23(2)11-14(10-20)18(24)8-15-7-12-6-13(9-19)17(22-25-3)5-4-16(12)21-15/h5-7,11-12,16,21-22H,4,8-9H2,1-3H3/b14-11+. The predicted molar refractivity (Wildman–Crippen MR) is 98.9 cm³/mol. The van der Waals surface area contributed by atoms with E-state index in [4.69, 9.17) is 5.26 Å². The minimum atomic E-state index is -0.533. The second-order valence-corrected chi connectivity index (χ2v) is 6.84. The number of alkyl halides is 1. The van der Waals surface area contributed by atoms with Crippen molar-refractivity contribution >= 4 is 17.7 Å². The highest BCUT2D eigenvalue weighted by Gasteiger charge is 2.29. The first-order valence-electron chi connectivity index (χ1n) is 8.03. The van der Waals surface area contributed by atoms with Crippen molar-refractivity contribution < 1.29 is 9.18 Å². The van der Waals surface area contributed by atoms with E-state index in [9.17, 15) is 9.18 Å². The minimum Gasteiger partial charge on any atom is -0.384 e. The van der Waals surface area contributed by atoms with Crippen LogP contribution in [0.15, 0.2) is 47.0 Å². The SMILES string of the molecule is CSNC1=CCC2NC(CC(=O)/C(C#N)=C/N(C)C)=CC2C=C1CF. The number of halogens is 1. The highest BCUT2D eigenvalue weighted by Crippen LogP contribution is 2.30. The molecular weight excluding hydrogens is 339 g/mol. The van der Waals surface area contributed by atoms with Crippen LogP contribution < -0.4 is 10.0 Å². The van der Waals surface area contributed by atoms with E-state index in [1.807, 2.05) is 30.6 Å². The largest absolute Gasteiger partial charge is 0.384 e. The molecule has 2 aliphatic rings. The number of nitriles is 1. The Labute approximate surface area is 152 Å². The van der Waals surface area contributed by atoms with Crippen LogP contribution in [0.25, 0.3) is 0 Å². The zero-order valence-electron chi connectivity index (χ0n) is 14.7. The van der Waals surface area contributed by atoms with Gasteiger partial charge in [0.2, 0.25) is 0 Å². The molecule has 2 atom stereocenters. The van der Waals surface area contributed by atoms with Gasteiger partial charge in [-0.1, -0.05) is 30.2 Å². The lowest BCUT2D eigenvalue weighted by Crippen LogP contribution is -2.27. The van der Waals surface area contributed by atoms with Crippen LogP contribution in [0.3, 0.4) is 0 Å². The van der Waals surface area contributed by atoms with Crippen molar-refractivity contribution in [3.05, 3.63) is 47.0 Å². The molecule has 0 saturated heterocycles. The summed E-state index contributed by atoms with van der Waals surface area (Å²) in [6, 6.07) is 2.05. The smallest absolute Gasteiger partial charge is 0.180 e. The van der Waals surface area contributed by atoms with Gasteiger partial charge < -0.3 is 14.9 Å². The second-order valence-electron chi connectivity index (χ2n) is 6.22. The van der Waals surface area contributed by atoms with Crippen LogP contribution in [0.5, 0.6) is 0 Å². The van der Waals surface area contributed by atoms with Crippen molar-refractivity contribution in [3.8, 4) is 6.07 Å². The van der Waals surface area contributed by atoms with Gasteiger partial charge in [-0.15, -0.1) is 0 Å². The Kier molecular flexibility index (Phi) is 6.71. The molecule has 7 heteroatoms. The number of hydrogen-bond acceptors (Lipinski definition) is 6. The Bertz CT molecular complexity index is 688. The highest BCUT2D eigenvalue weighted by molar-refractivity contribution is 7.96. The number of carbonyl (C=O) groups excluding carboxylic acids is 1.